The predicted molar refractivity (Wildman–Crippen MR) is 68.1 cm³/mol. The maximum atomic E-state index is 10.8. The summed E-state index contributed by atoms with van der Waals surface area (Å²) in [6, 6.07) is 4.42. The van der Waals surface area contributed by atoms with Crippen LogP contribution in [0.25, 0.3) is 0 Å². The molecule has 1 rings (SSSR count). The van der Waals surface area contributed by atoms with Crippen LogP contribution >= 0.6 is 12.6 Å². The van der Waals surface area contributed by atoms with Gasteiger partial charge in [0, 0.05) is 5.75 Å². The molecule has 0 aliphatic carbocycles. The highest BCUT2D eigenvalue weighted by atomic mass is 32.1. The monoisotopic (exact) mass is 255 g/mol. The van der Waals surface area contributed by atoms with Crippen molar-refractivity contribution in [3.05, 3.63) is 40.5 Å². The molecule has 0 unspecified atom stereocenters. The maximum Gasteiger partial charge on any atom is 0.314 e. The van der Waals surface area contributed by atoms with Gasteiger partial charge in [0.1, 0.15) is 12.4 Å². The van der Waals surface area contributed by atoms with E-state index < -0.39 is 4.92 Å². The Kier molecular flexibility index (Phi) is 4.84. The van der Waals surface area contributed by atoms with Gasteiger partial charge in [0.25, 0.3) is 0 Å². The van der Waals surface area contributed by atoms with Crippen LogP contribution < -0.4 is 9.47 Å². The Labute approximate surface area is 105 Å². The molecule has 17 heavy (non-hydrogen) atoms. The molecule has 0 amide bonds. The number of thiol groups is 1. The van der Waals surface area contributed by atoms with Gasteiger partial charge in [-0.15, -0.1) is 0 Å². The molecule has 0 aromatic heterocycles. The molecule has 0 spiro atoms. The normalized spacial score (nSPS) is 9.76. The molecule has 92 valence electrons. The van der Waals surface area contributed by atoms with Crippen molar-refractivity contribution in [3.8, 4) is 11.5 Å². The van der Waals surface area contributed by atoms with Crippen LogP contribution in [0.3, 0.4) is 0 Å². The summed E-state index contributed by atoms with van der Waals surface area (Å²) in [4.78, 5) is 10.3. The zero-order valence-corrected chi connectivity index (χ0v) is 10.3. The number of rotatable bonds is 6. The van der Waals surface area contributed by atoms with Crippen LogP contribution in [0.15, 0.2) is 30.4 Å². The van der Waals surface area contributed by atoms with Crippen molar-refractivity contribution in [3.63, 3.8) is 0 Å². The van der Waals surface area contributed by atoms with E-state index in [4.69, 9.17) is 9.47 Å². The highest BCUT2D eigenvalue weighted by Crippen LogP contribution is 2.31. The second-order valence-electron chi connectivity index (χ2n) is 3.29. The fourth-order valence-corrected chi connectivity index (χ4v) is 1.21. The summed E-state index contributed by atoms with van der Waals surface area (Å²) < 4.78 is 10.2. The van der Waals surface area contributed by atoms with Gasteiger partial charge in [0.05, 0.1) is 18.1 Å². The van der Waals surface area contributed by atoms with Gasteiger partial charge in [-0.3, -0.25) is 10.1 Å². The van der Waals surface area contributed by atoms with Gasteiger partial charge in [-0.1, -0.05) is 6.58 Å². The van der Waals surface area contributed by atoms with Gasteiger partial charge in [0.2, 0.25) is 0 Å². The topological polar surface area (TPSA) is 61.6 Å². The van der Waals surface area contributed by atoms with E-state index in [0.29, 0.717) is 11.5 Å². The van der Waals surface area contributed by atoms with Crippen LogP contribution in [-0.4, -0.2) is 24.4 Å². The van der Waals surface area contributed by atoms with Crippen molar-refractivity contribution < 1.29 is 14.4 Å². The molecule has 6 heteroatoms. The van der Waals surface area contributed by atoms with E-state index in [0.717, 1.165) is 5.57 Å². The van der Waals surface area contributed by atoms with Crippen molar-refractivity contribution >= 4 is 18.3 Å². The Morgan fingerprint density at radius 3 is 2.82 bits per heavy atom. The van der Waals surface area contributed by atoms with E-state index >= 15 is 0 Å². The Hall–Kier alpha value is -1.69. The first-order valence-electron chi connectivity index (χ1n) is 4.81. The number of nitro benzene ring substituents is 1. The fourth-order valence-electron chi connectivity index (χ4n) is 1.11. The van der Waals surface area contributed by atoms with E-state index in [1.165, 1.54) is 19.2 Å². The van der Waals surface area contributed by atoms with Crippen LogP contribution in [0.4, 0.5) is 5.69 Å². The Morgan fingerprint density at radius 1 is 1.59 bits per heavy atom. The fraction of sp³-hybridized carbons (Fsp3) is 0.273. The zero-order chi connectivity index (χ0) is 12.8. The second kappa shape index (κ2) is 6.15. The van der Waals surface area contributed by atoms with E-state index in [-0.39, 0.29) is 18.0 Å². The summed E-state index contributed by atoms with van der Waals surface area (Å²) in [5.74, 6) is 1.08. The highest BCUT2D eigenvalue weighted by Gasteiger charge is 2.16. The van der Waals surface area contributed by atoms with Crippen molar-refractivity contribution in [2.24, 2.45) is 0 Å². The minimum absolute atomic E-state index is 0.128. The molecule has 0 saturated heterocycles. The SMILES string of the molecule is C=C(CS)COc1ccc(OC)cc1[N+](=O)[O-]. The summed E-state index contributed by atoms with van der Waals surface area (Å²) in [5.41, 5.74) is 0.620. The third-order valence-corrected chi connectivity index (χ3v) is 2.47. The minimum atomic E-state index is -0.513. The number of hydrogen-bond donors (Lipinski definition) is 1. The third-order valence-electron chi connectivity index (χ3n) is 2.02. The molecular weight excluding hydrogens is 242 g/mol. The molecule has 1 aromatic carbocycles. The smallest absolute Gasteiger partial charge is 0.314 e. The minimum Gasteiger partial charge on any atom is -0.496 e. The first-order chi connectivity index (χ1) is 8.08. The quantitative estimate of drug-likeness (QED) is 0.367. The number of nitrogens with zero attached hydrogens (tertiary/aromatic N) is 1. The summed E-state index contributed by atoms with van der Waals surface area (Å²) in [6.45, 7) is 3.91. The molecule has 0 N–H and O–H groups in total. The number of nitro groups is 1. The van der Waals surface area contributed by atoms with Crippen LogP contribution in [0.1, 0.15) is 0 Å². The van der Waals surface area contributed by atoms with Gasteiger partial charge in [-0.05, 0) is 17.7 Å². The molecule has 0 heterocycles. The lowest BCUT2D eigenvalue weighted by Crippen LogP contribution is -2.03. The molecule has 5 nitrogen and oxygen atoms in total. The van der Waals surface area contributed by atoms with Crippen molar-refractivity contribution in [1.29, 1.82) is 0 Å². The number of hydrogen-bond acceptors (Lipinski definition) is 5. The first-order valence-corrected chi connectivity index (χ1v) is 5.44. The molecule has 0 fully saturated rings. The Bertz CT molecular complexity index is 433. The lowest BCUT2D eigenvalue weighted by Gasteiger charge is -2.08. The average Bonchev–Trinajstić information content (AvgIpc) is 2.35. The van der Waals surface area contributed by atoms with E-state index in [2.05, 4.69) is 19.2 Å². The summed E-state index contributed by atoms with van der Waals surface area (Å²) >= 11 is 4.03. The van der Waals surface area contributed by atoms with Crippen LogP contribution in [0, 0.1) is 10.1 Å². The second-order valence-corrected chi connectivity index (χ2v) is 3.60. The molecule has 0 atom stereocenters. The Balaban J connectivity index is 2.90. The molecular formula is C11H13NO4S. The van der Waals surface area contributed by atoms with E-state index in [9.17, 15) is 10.1 Å². The lowest BCUT2D eigenvalue weighted by molar-refractivity contribution is -0.385. The van der Waals surface area contributed by atoms with Crippen molar-refractivity contribution in [2.75, 3.05) is 19.5 Å². The first kappa shape index (κ1) is 13.4. The van der Waals surface area contributed by atoms with Crippen LogP contribution in [-0.2, 0) is 0 Å². The van der Waals surface area contributed by atoms with Gasteiger partial charge >= 0.3 is 5.69 Å². The summed E-state index contributed by atoms with van der Waals surface area (Å²) in [5, 5.41) is 10.8. The molecule has 0 aliphatic heterocycles. The third kappa shape index (κ3) is 3.67. The molecule has 0 saturated carbocycles. The van der Waals surface area contributed by atoms with Crippen molar-refractivity contribution in [1.82, 2.24) is 0 Å². The van der Waals surface area contributed by atoms with Gasteiger partial charge in [-0.2, -0.15) is 12.6 Å². The number of ether oxygens (including phenoxy) is 2. The van der Waals surface area contributed by atoms with E-state index in [1.807, 2.05) is 0 Å². The van der Waals surface area contributed by atoms with Gasteiger partial charge < -0.3 is 9.47 Å². The van der Waals surface area contributed by atoms with E-state index in [1.54, 1.807) is 6.07 Å². The number of benzene rings is 1. The summed E-state index contributed by atoms with van der Waals surface area (Å²) in [6.07, 6.45) is 0. The molecule has 0 aliphatic rings. The maximum absolute atomic E-state index is 10.8. The lowest BCUT2D eigenvalue weighted by atomic mass is 10.2. The van der Waals surface area contributed by atoms with Crippen LogP contribution in [0.2, 0.25) is 0 Å². The van der Waals surface area contributed by atoms with Gasteiger partial charge in [-0.25, -0.2) is 0 Å². The Morgan fingerprint density at radius 2 is 2.29 bits per heavy atom. The highest BCUT2D eigenvalue weighted by molar-refractivity contribution is 7.80. The average molecular weight is 255 g/mol. The largest absolute Gasteiger partial charge is 0.496 e. The number of methoxy groups -OCH3 is 1. The van der Waals surface area contributed by atoms with Gasteiger partial charge in [0.15, 0.2) is 5.75 Å². The van der Waals surface area contributed by atoms with Crippen molar-refractivity contribution in [2.45, 2.75) is 0 Å². The zero-order valence-electron chi connectivity index (χ0n) is 9.38. The van der Waals surface area contributed by atoms with Crippen LogP contribution in [0.5, 0.6) is 11.5 Å². The molecule has 0 radical (unpaired) electrons. The summed E-state index contributed by atoms with van der Waals surface area (Å²) in [7, 11) is 1.45. The molecule has 1 aromatic rings. The standard InChI is InChI=1S/C11H13NO4S/c1-8(7-17)6-16-11-4-3-9(15-2)5-10(11)12(13)14/h3-5,17H,1,6-7H2,2H3. The molecule has 0 bridgehead atoms. The predicted octanol–water partition coefficient (Wildman–Crippen LogP) is 2.47.